The summed E-state index contributed by atoms with van der Waals surface area (Å²) in [5.41, 5.74) is 1.12. The molecule has 0 fully saturated rings. The minimum Gasteiger partial charge on any atom is -0.393 e. The topological polar surface area (TPSA) is 111 Å². The highest BCUT2D eigenvalue weighted by atomic mass is 16.5. The van der Waals surface area contributed by atoms with Crippen LogP contribution in [-0.4, -0.2) is 41.4 Å². The number of para-hydroxylation sites is 1. The van der Waals surface area contributed by atoms with Crippen LogP contribution in [0.4, 0.5) is 0 Å². The lowest BCUT2D eigenvalue weighted by molar-refractivity contribution is 0.183. The standard InChI is InChI=1S/C18H22N4O3/c1-12(23)7-8-15(20-9-10-25-2)14(11-19)17-21-16-6-4-3-5-13(16)18(24)22-17/h3-6,12,20,23H,7-10H2,1-2H3,(H,21,22,24)/b15-14-. The molecule has 1 aromatic heterocycles. The number of aliphatic hydroxyl groups excluding tert-OH is 1. The summed E-state index contributed by atoms with van der Waals surface area (Å²) in [7, 11) is 1.59. The van der Waals surface area contributed by atoms with Gasteiger partial charge in [-0.1, -0.05) is 12.1 Å². The van der Waals surface area contributed by atoms with Gasteiger partial charge in [0.1, 0.15) is 11.6 Å². The molecule has 0 aliphatic heterocycles. The molecule has 0 spiro atoms. The summed E-state index contributed by atoms with van der Waals surface area (Å²) in [5, 5.41) is 22.8. The third-order valence-corrected chi connectivity index (χ3v) is 3.72. The van der Waals surface area contributed by atoms with Crippen molar-refractivity contribution in [2.75, 3.05) is 20.3 Å². The second kappa shape index (κ2) is 8.97. The molecule has 7 nitrogen and oxygen atoms in total. The number of aliphatic hydroxyl groups is 1. The van der Waals surface area contributed by atoms with Crippen LogP contribution in [0.3, 0.4) is 0 Å². The van der Waals surface area contributed by atoms with E-state index in [1.165, 1.54) is 0 Å². The fraction of sp³-hybridized carbons (Fsp3) is 0.389. The Morgan fingerprint density at radius 1 is 1.48 bits per heavy atom. The molecule has 1 atom stereocenters. The van der Waals surface area contributed by atoms with Gasteiger partial charge in [0.25, 0.3) is 5.56 Å². The average Bonchev–Trinajstić information content (AvgIpc) is 2.60. The number of ether oxygens (including phenoxy) is 1. The van der Waals surface area contributed by atoms with Crippen molar-refractivity contribution in [3.05, 3.63) is 46.1 Å². The van der Waals surface area contributed by atoms with E-state index in [2.05, 4.69) is 21.4 Å². The summed E-state index contributed by atoms with van der Waals surface area (Å²) in [6.07, 6.45) is 0.446. The Morgan fingerprint density at radius 3 is 2.92 bits per heavy atom. The van der Waals surface area contributed by atoms with Crippen LogP contribution in [0.15, 0.2) is 34.8 Å². The molecule has 0 aliphatic rings. The molecule has 132 valence electrons. The fourth-order valence-electron chi connectivity index (χ4n) is 2.43. The second-order valence-corrected chi connectivity index (χ2v) is 5.70. The second-order valence-electron chi connectivity index (χ2n) is 5.70. The number of aromatic nitrogens is 2. The molecular formula is C18H22N4O3. The maximum absolute atomic E-state index is 12.3. The summed E-state index contributed by atoms with van der Waals surface area (Å²) in [6.45, 7) is 2.67. The third kappa shape index (κ3) is 4.89. The Labute approximate surface area is 146 Å². The monoisotopic (exact) mass is 342 g/mol. The van der Waals surface area contributed by atoms with Gasteiger partial charge in [-0.15, -0.1) is 0 Å². The maximum atomic E-state index is 12.3. The molecule has 2 rings (SSSR count). The predicted octanol–water partition coefficient (Wildman–Crippen LogP) is 1.55. The molecule has 25 heavy (non-hydrogen) atoms. The molecule has 0 aliphatic carbocycles. The number of allylic oxidation sites excluding steroid dienone is 2. The van der Waals surface area contributed by atoms with Crippen molar-refractivity contribution in [3.8, 4) is 6.07 Å². The van der Waals surface area contributed by atoms with Gasteiger partial charge in [-0.25, -0.2) is 4.98 Å². The third-order valence-electron chi connectivity index (χ3n) is 3.72. The van der Waals surface area contributed by atoms with Gasteiger partial charge in [-0.05, 0) is 31.9 Å². The van der Waals surface area contributed by atoms with Gasteiger partial charge >= 0.3 is 0 Å². The highest BCUT2D eigenvalue weighted by Gasteiger charge is 2.14. The van der Waals surface area contributed by atoms with Crippen molar-refractivity contribution < 1.29 is 9.84 Å². The van der Waals surface area contributed by atoms with E-state index >= 15 is 0 Å². The highest BCUT2D eigenvalue weighted by molar-refractivity contribution is 5.82. The van der Waals surface area contributed by atoms with Crippen molar-refractivity contribution in [1.29, 1.82) is 5.26 Å². The smallest absolute Gasteiger partial charge is 0.259 e. The van der Waals surface area contributed by atoms with E-state index in [1.54, 1.807) is 38.3 Å². The number of nitrogens with one attached hydrogen (secondary N) is 2. The Balaban J connectivity index is 2.48. The summed E-state index contributed by atoms with van der Waals surface area (Å²) in [6, 6.07) is 9.10. The van der Waals surface area contributed by atoms with E-state index in [4.69, 9.17) is 4.74 Å². The molecular weight excluding hydrogens is 320 g/mol. The first-order valence-corrected chi connectivity index (χ1v) is 8.10. The zero-order valence-corrected chi connectivity index (χ0v) is 14.4. The van der Waals surface area contributed by atoms with Crippen LogP contribution in [0.25, 0.3) is 16.5 Å². The Bertz CT molecular complexity index is 849. The number of fused-ring (bicyclic) bond motifs is 1. The molecule has 0 saturated carbocycles. The molecule has 0 radical (unpaired) electrons. The summed E-state index contributed by atoms with van der Waals surface area (Å²) >= 11 is 0. The van der Waals surface area contributed by atoms with E-state index in [9.17, 15) is 15.2 Å². The van der Waals surface area contributed by atoms with Crippen molar-refractivity contribution in [1.82, 2.24) is 15.3 Å². The molecule has 0 amide bonds. The van der Waals surface area contributed by atoms with Gasteiger partial charge in [0.05, 0.1) is 23.6 Å². The van der Waals surface area contributed by atoms with Gasteiger partial charge in [0.2, 0.25) is 0 Å². The summed E-state index contributed by atoms with van der Waals surface area (Å²) in [5.74, 6) is 0.219. The van der Waals surface area contributed by atoms with Gasteiger partial charge in [0.15, 0.2) is 5.82 Å². The fourth-order valence-corrected chi connectivity index (χ4v) is 2.43. The van der Waals surface area contributed by atoms with Gasteiger partial charge in [0, 0.05) is 19.4 Å². The lowest BCUT2D eigenvalue weighted by Gasteiger charge is -2.14. The van der Waals surface area contributed by atoms with Gasteiger partial charge < -0.3 is 20.1 Å². The van der Waals surface area contributed by atoms with E-state index in [-0.39, 0.29) is 17.0 Å². The van der Waals surface area contributed by atoms with E-state index in [1.807, 2.05) is 0 Å². The van der Waals surface area contributed by atoms with Crippen LogP contribution in [0.5, 0.6) is 0 Å². The van der Waals surface area contributed by atoms with Crippen molar-refractivity contribution in [2.45, 2.75) is 25.9 Å². The quantitative estimate of drug-likeness (QED) is 0.496. The Kier molecular flexibility index (Phi) is 6.69. The number of H-pyrrole nitrogens is 1. The van der Waals surface area contributed by atoms with E-state index in [0.29, 0.717) is 42.6 Å². The zero-order chi connectivity index (χ0) is 18.2. The van der Waals surface area contributed by atoms with E-state index in [0.717, 1.165) is 0 Å². The summed E-state index contributed by atoms with van der Waals surface area (Å²) in [4.78, 5) is 19.4. The van der Waals surface area contributed by atoms with Crippen molar-refractivity contribution in [2.24, 2.45) is 0 Å². The number of hydrogen-bond acceptors (Lipinski definition) is 6. The number of methoxy groups -OCH3 is 1. The molecule has 7 heteroatoms. The average molecular weight is 342 g/mol. The number of aromatic amines is 1. The number of nitriles is 1. The minimum atomic E-state index is -0.497. The maximum Gasteiger partial charge on any atom is 0.259 e. The molecule has 1 unspecified atom stereocenters. The Hall–Kier alpha value is -2.69. The highest BCUT2D eigenvalue weighted by Crippen LogP contribution is 2.18. The normalized spacial score (nSPS) is 13.2. The molecule has 0 saturated heterocycles. The number of hydrogen-bond donors (Lipinski definition) is 3. The molecule has 2 aromatic rings. The van der Waals surface area contributed by atoms with Crippen LogP contribution in [0, 0.1) is 11.3 Å². The molecule has 3 N–H and O–H groups in total. The molecule has 0 bridgehead atoms. The molecule has 1 aromatic carbocycles. The van der Waals surface area contributed by atoms with Crippen LogP contribution < -0.4 is 10.9 Å². The van der Waals surface area contributed by atoms with Crippen molar-refractivity contribution in [3.63, 3.8) is 0 Å². The van der Waals surface area contributed by atoms with Crippen LogP contribution in [0.1, 0.15) is 25.6 Å². The van der Waals surface area contributed by atoms with Crippen LogP contribution >= 0.6 is 0 Å². The minimum absolute atomic E-state index is 0.219. The first kappa shape index (κ1) is 18.6. The molecule has 1 heterocycles. The predicted molar refractivity (Wildman–Crippen MR) is 95.7 cm³/mol. The van der Waals surface area contributed by atoms with Crippen molar-refractivity contribution >= 4 is 16.5 Å². The number of benzene rings is 1. The lowest BCUT2D eigenvalue weighted by Crippen LogP contribution is -2.22. The van der Waals surface area contributed by atoms with Gasteiger partial charge in [-0.2, -0.15) is 5.26 Å². The Morgan fingerprint density at radius 2 is 2.24 bits per heavy atom. The first-order valence-electron chi connectivity index (χ1n) is 8.10. The summed E-state index contributed by atoms with van der Waals surface area (Å²) < 4.78 is 5.02. The van der Waals surface area contributed by atoms with E-state index < -0.39 is 6.10 Å². The van der Waals surface area contributed by atoms with Gasteiger partial charge in [-0.3, -0.25) is 4.79 Å². The number of rotatable bonds is 8. The zero-order valence-electron chi connectivity index (χ0n) is 14.4. The SMILES string of the molecule is COCCN/C(CCC(C)O)=C(/C#N)c1nc2ccccc2c(=O)[nH]1. The number of nitrogens with zero attached hydrogens (tertiary/aromatic N) is 2. The first-order chi connectivity index (χ1) is 12.1. The lowest BCUT2D eigenvalue weighted by atomic mass is 10.1. The van der Waals surface area contributed by atoms with Crippen LogP contribution in [0.2, 0.25) is 0 Å². The van der Waals surface area contributed by atoms with Crippen LogP contribution in [-0.2, 0) is 4.74 Å². The largest absolute Gasteiger partial charge is 0.393 e.